The lowest BCUT2D eigenvalue weighted by Crippen LogP contribution is -2.21. The molecule has 1 atom stereocenters. The lowest BCUT2D eigenvalue weighted by molar-refractivity contribution is 0.0702. The van der Waals surface area contributed by atoms with Gasteiger partial charge >= 0.3 is 5.97 Å². The van der Waals surface area contributed by atoms with Crippen LogP contribution in [0.3, 0.4) is 0 Å². The van der Waals surface area contributed by atoms with Crippen LogP contribution in [0.1, 0.15) is 38.7 Å². The zero-order valence-electron chi connectivity index (χ0n) is 18.4. The SMILES string of the molecule is Cc1ccc2oc(C(=O)Oc3ccc4c(c3)OC(N)=C(C#N)C4c3cccc(Br)c3)c(C)c2c1. The fourth-order valence-corrected chi connectivity index (χ4v) is 4.63. The van der Waals surface area contributed by atoms with E-state index in [0.29, 0.717) is 16.9 Å². The Morgan fingerprint density at radius 3 is 2.71 bits per heavy atom. The predicted molar refractivity (Wildman–Crippen MR) is 131 cm³/mol. The molecule has 4 aromatic rings. The quantitative estimate of drug-likeness (QED) is 0.256. The molecule has 168 valence electrons. The van der Waals surface area contributed by atoms with Gasteiger partial charge in [-0.15, -0.1) is 0 Å². The van der Waals surface area contributed by atoms with Gasteiger partial charge < -0.3 is 19.6 Å². The number of esters is 1. The molecule has 7 heteroatoms. The Hall–Kier alpha value is -4.02. The van der Waals surface area contributed by atoms with Crippen LogP contribution in [0.15, 0.2) is 81.0 Å². The number of nitrogens with two attached hydrogens (primary N) is 1. The van der Waals surface area contributed by atoms with E-state index in [4.69, 9.17) is 19.6 Å². The Labute approximate surface area is 204 Å². The first kappa shape index (κ1) is 21.8. The topological polar surface area (TPSA) is 98.5 Å². The molecular formula is C27H19BrN2O4. The van der Waals surface area contributed by atoms with Gasteiger partial charge in [0.15, 0.2) is 0 Å². The highest BCUT2D eigenvalue weighted by Gasteiger charge is 2.31. The molecule has 0 saturated carbocycles. The summed E-state index contributed by atoms with van der Waals surface area (Å²) in [6, 6.07) is 20.6. The molecule has 0 fully saturated rings. The van der Waals surface area contributed by atoms with E-state index in [9.17, 15) is 10.1 Å². The van der Waals surface area contributed by atoms with Crippen LogP contribution in [-0.2, 0) is 0 Å². The molecule has 34 heavy (non-hydrogen) atoms. The summed E-state index contributed by atoms with van der Waals surface area (Å²) in [4.78, 5) is 12.9. The Morgan fingerprint density at radius 1 is 1.12 bits per heavy atom. The molecular weight excluding hydrogens is 496 g/mol. The zero-order valence-corrected chi connectivity index (χ0v) is 20.0. The van der Waals surface area contributed by atoms with E-state index in [0.717, 1.165) is 32.1 Å². The average Bonchev–Trinajstić information content (AvgIpc) is 3.14. The van der Waals surface area contributed by atoms with Gasteiger partial charge in [0.25, 0.3) is 0 Å². The zero-order chi connectivity index (χ0) is 24.0. The van der Waals surface area contributed by atoms with E-state index in [-0.39, 0.29) is 17.4 Å². The van der Waals surface area contributed by atoms with E-state index in [2.05, 4.69) is 22.0 Å². The van der Waals surface area contributed by atoms with Crippen molar-refractivity contribution in [2.45, 2.75) is 19.8 Å². The first-order valence-corrected chi connectivity index (χ1v) is 11.3. The number of nitriles is 1. The van der Waals surface area contributed by atoms with Gasteiger partial charge in [0.1, 0.15) is 28.7 Å². The summed E-state index contributed by atoms with van der Waals surface area (Å²) in [5.41, 5.74) is 10.5. The monoisotopic (exact) mass is 514 g/mol. The molecule has 0 amide bonds. The number of allylic oxidation sites excluding steroid dienone is 1. The first-order chi connectivity index (χ1) is 16.4. The fourth-order valence-electron chi connectivity index (χ4n) is 4.21. The summed E-state index contributed by atoms with van der Waals surface area (Å²) < 4.78 is 18.0. The Kier molecular flexibility index (Phi) is 5.39. The summed E-state index contributed by atoms with van der Waals surface area (Å²) >= 11 is 3.48. The van der Waals surface area contributed by atoms with Crippen molar-refractivity contribution in [2.24, 2.45) is 5.73 Å². The molecule has 2 N–H and O–H groups in total. The largest absolute Gasteiger partial charge is 0.449 e. The highest BCUT2D eigenvalue weighted by molar-refractivity contribution is 9.10. The second-order valence-electron chi connectivity index (χ2n) is 8.12. The summed E-state index contributed by atoms with van der Waals surface area (Å²) in [5.74, 6) is -0.141. The maximum absolute atomic E-state index is 12.9. The van der Waals surface area contributed by atoms with Crippen LogP contribution in [0.4, 0.5) is 0 Å². The second kappa shape index (κ2) is 8.40. The molecule has 0 saturated heterocycles. The molecule has 1 aromatic heterocycles. The second-order valence-corrected chi connectivity index (χ2v) is 9.04. The van der Waals surface area contributed by atoms with Crippen LogP contribution in [0.5, 0.6) is 11.5 Å². The third-order valence-corrected chi connectivity index (χ3v) is 6.35. The van der Waals surface area contributed by atoms with Crippen molar-refractivity contribution in [1.29, 1.82) is 5.26 Å². The lowest BCUT2D eigenvalue weighted by atomic mass is 9.83. The highest BCUT2D eigenvalue weighted by atomic mass is 79.9. The number of carbonyl (C=O) groups excluding carboxylic acids is 1. The van der Waals surface area contributed by atoms with Gasteiger partial charge in [-0.2, -0.15) is 5.26 Å². The maximum Gasteiger partial charge on any atom is 0.379 e. The minimum atomic E-state index is -0.605. The molecule has 5 rings (SSSR count). The van der Waals surface area contributed by atoms with Crippen molar-refractivity contribution in [1.82, 2.24) is 0 Å². The summed E-state index contributed by atoms with van der Waals surface area (Å²) in [6.07, 6.45) is 0. The van der Waals surface area contributed by atoms with E-state index in [1.54, 1.807) is 18.2 Å². The van der Waals surface area contributed by atoms with Gasteiger partial charge in [-0.3, -0.25) is 0 Å². The van der Waals surface area contributed by atoms with E-state index in [1.165, 1.54) is 0 Å². The highest BCUT2D eigenvalue weighted by Crippen LogP contribution is 2.44. The number of ether oxygens (including phenoxy) is 2. The van der Waals surface area contributed by atoms with Gasteiger partial charge in [-0.1, -0.05) is 45.8 Å². The summed E-state index contributed by atoms with van der Waals surface area (Å²) in [6.45, 7) is 3.81. The molecule has 0 radical (unpaired) electrons. The number of halogens is 1. The molecule has 1 unspecified atom stereocenters. The Morgan fingerprint density at radius 2 is 1.94 bits per heavy atom. The van der Waals surface area contributed by atoms with E-state index >= 15 is 0 Å². The van der Waals surface area contributed by atoms with Crippen molar-refractivity contribution in [3.8, 4) is 17.6 Å². The predicted octanol–water partition coefficient (Wildman–Crippen LogP) is 6.25. The van der Waals surface area contributed by atoms with E-state index in [1.807, 2.05) is 56.3 Å². The number of rotatable bonds is 3. The third-order valence-electron chi connectivity index (χ3n) is 5.86. The van der Waals surface area contributed by atoms with Gasteiger partial charge in [0, 0.05) is 27.1 Å². The smallest absolute Gasteiger partial charge is 0.379 e. The van der Waals surface area contributed by atoms with Crippen LogP contribution in [0.2, 0.25) is 0 Å². The van der Waals surface area contributed by atoms with Gasteiger partial charge in [-0.25, -0.2) is 4.79 Å². The lowest BCUT2D eigenvalue weighted by Gasteiger charge is -2.26. The Balaban J connectivity index is 1.50. The molecule has 2 heterocycles. The third kappa shape index (κ3) is 3.72. The van der Waals surface area contributed by atoms with Crippen molar-refractivity contribution in [2.75, 3.05) is 0 Å². The standard InChI is InChI=1S/C27H19BrN2O4/c1-14-6-9-22-20(10-14)15(2)25(33-22)27(31)32-18-7-8-19-23(12-18)34-26(30)21(13-29)24(19)16-4-3-5-17(28)11-16/h3-12,24H,30H2,1-2H3. The number of carbonyl (C=O) groups is 1. The molecule has 0 spiro atoms. The van der Waals surface area contributed by atoms with Crippen LogP contribution in [0, 0.1) is 25.2 Å². The van der Waals surface area contributed by atoms with Crippen molar-refractivity contribution < 1.29 is 18.7 Å². The molecule has 0 aliphatic carbocycles. The average molecular weight is 515 g/mol. The van der Waals surface area contributed by atoms with Crippen LogP contribution in [0.25, 0.3) is 11.0 Å². The molecule has 6 nitrogen and oxygen atoms in total. The number of hydrogen-bond donors (Lipinski definition) is 1. The fraction of sp³-hybridized carbons (Fsp3) is 0.111. The van der Waals surface area contributed by atoms with Gasteiger partial charge in [-0.05, 0) is 49.7 Å². The first-order valence-electron chi connectivity index (χ1n) is 10.5. The van der Waals surface area contributed by atoms with Gasteiger partial charge in [0.05, 0.1) is 5.92 Å². The summed E-state index contributed by atoms with van der Waals surface area (Å²) in [7, 11) is 0. The molecule has 1 aliphatic rings. The van der Waals surface area contributed by atoms with Crippen molar-refractivity contribution in [3.05, 3.63) is 105 Å². The number of aryl methyl sites for hydroxylation is 2. The number of benzene rings is 3. The number of fused-ring (bicyclic) bond motifs is 2. The minimum Gasteiger partial charge on any atom is -0.449 e. The number of nitrogens with zero attached hydrogens (tertiary/aromatic N) is 1. The minimum absolute atomic E-state index is 0.0203. The molecule has 1 aliphatic heterocycles. The number of furan rings is 1. The molecule has 0 bridgehead atoms. The van der Waals surface area contributed by atoms with Crippen molar-refractivity contribution in [3.63, 3.8) is 0 Å². The maximum atomic E-state index is 12.9. The van der Waals surface area contributed by atoms with Crippen LogP contribution >= 0.6 is 15.9 Å². The Bertz CT molecular complexity index is 1540. The summed E-state index contributed by atoms with van der Waals surface area (Å²) in [5, 5.41) is 10.6. The van der Waals surface area contributed by atoms with Gasteiger partial charge in [0.2, 0.25) is 11.6 Å². The van der Waals surface area contributed by atoms with Crippen molar-refractivity contribution >= 4 is 32.9 Å². The molecule has 3 aromatic carbocycles. The number of hydrogen-bond acceptors (Lipinski definition) is 6. The van der Waals surface area contributed by atoms with Crippen LogP contribution in [-0.4, -0.2) is 5.97 Å². The van der Waals surface area contributed by atoms with E-state index < -0.39 is 11.9 Å². The van der Waals surface area contributed by atoms with Crippen LogP contribution < -0.4 is 15.2 Å². The normalized spacial score (nSPS) is 14.9.